The molecule has 0 saturated carbocycles. The maximum absolute atomic E-state index is 10.9. The first kappa shape index (κ1) is 16.4. The topological polar surface area (TPSA) is 57.5 Å². The number of hydrogen-bond acceptors (Lipinski definition) is 4. The number of aliphatic hydroxyl groups excluding tert-OH is 2. The molecule has 1 aromatic carbocycles. The van der Waals surface area contributed by atoms with Crippen molar-refractivity contribution in [3.63, 3.8) is 0 Å². The van der Waals surface area contributed by atoms with Gasteiger partial charge >= 0.3 is 0 Å². The Hall–Kier alpha value is -0.623. The van der Waals surface area contributed by atoms with Crippen molar-refractivity contribution >= 4 is 30.1 Å². The van der Waals surface area contributed by atoms with Gasteiger partial charge in [0.05, 0.1) is 14.2 Å². The van der Waals surface area contributed by atoms with Gasteiger partial charge in [0.2, 0.25) is 0 Å². The zero-order valence-corrected chi connectivity index (χ0v) is 13.7. The summed E-state index contributed by atoms with van der Waals surface area (Å²) in [5, 5.41) is 21.2. The van der Waals surface area contributed by atoms with Gasteiger partial charge in [-0.25, -0.2) is 0 Å². The first-order valence-electron chi connectivity index (χ1n) is 6.31. The van der Waals surface area contributed by atoms with Crippen LogP contribution in [0.4, 0.5) is 0 Å². The van der Waals surface area contributed by atoms with E-state index in [1.165, 1.54) is 12.1 Å². The van der Waals surface area contributed by atoms with Gasteiger partial charge in [0.15, 0.2) is 5.12 Å². The zero-order chi connectivity index (χ0) is 14.6. The Labute approximate surface area is 120 Å². The van der Waals surface area contributed by atoms with Gasteiger partial charge in [0, 0.05) is 12.7 Å². The number of hydrogen-bond donors (Lipinski definition) is 2. The fourth-order valence-electron chi connectivity index (χ4n) is 1.71. The van der Waals surface area contributed by atoms with Crippen molar-refractivity contribution in [3.05, 3.63) is 29.8 Å². The molecule has 0 bridgehead atoms. The Morgan fingerprint density at radius 1 is 1.32 bits per heavy atom. The third-order valence-electron chi connectivity index (χ3n) is 2.92. The molecule has 0 spiro atoms. The summed E-state index contributed by atoms with van der Waals surface area (Å²) in [4.78, 5) is 10.9. The van der Waals surface area contributed by atoms with Crippen LogP contribution in [0, 0.1) is 0 Å². The fraction of sp³-hybridized carbons (Fsp3) is 0.500. The Bertz CT molecular complexity index is 443. The van der Waals surface area contributed by atoms with Crippen LogP contribution in [0.3, 0.4) is 0 Å². The maximum Gasteiger partial charge on any atom is 0.185 e. The van der Waals surface area contributed by atoms with E-state index in [0.717, 1.165) is 17.3 Å². The van der Waals surface area contributed by atoms with Crippen LogP contribution in [-0.2, 0) is 4.79 Å². The first-order chi connectivity index (χ1) is 8.71. The molecule has 0 aliphatic carbocycles. The molecule has 106 valence electrons. The Balaban J connectivity index is 2.82. The van der Waals surface area contributed by atoms with Gasteiger partial charge < -0.3 is 10.2 Å². The molecule has 2 N–H and O–H groups in total. The van der Waals surface area contributed by atoms with E-state index in [0.29, 0.717) is 0 Å². The minimum Gasteiger partial charge on any atom is -0.389 e. The molecule has 1 aromatic rings. The summed E-state index contributed by atoms with van der Waals surface area (Å²) in [6.45, 7) is 8.16. The molecule has 0 heterocycles. The van der Waals surface area contributed by atoms with E-state index in [2.05, 4.69) is 25.7 Å². The molecule has 0 radical (unpaired) electrons. The molecular formula is C14H22O3SSi. The van der Waals surface area contributed by atoms with Gasteiger partial charge in [-0.15, -0.1) is 0 Å². The van der Waals surface area contributed by atoms with E-state index in [1.54, 1.807) is 0 Å². The molecule has 0 aromatic heterocycles. The van der Waals surface area contributed by atoms with Crippen molar-refractivity contribution in [2.24, 2.45) is 0 Å². The summed E-state index contributed by atoms with van der Waals surface area (Å²) >= 11 is 1.03. The van der Waals surface area contributed by atoms with E-state index in [1.807, 2.05) is 18.2 Å². The third-order valence-corrected chi connectivity index (χ3v) is 5.87. The summed E-state index contributed by atoms with van der Waals surface area (Å²) < 4.78 is 0. The van der Waals surface area contributed by atoms with E-state index < -0.39 is 20.3 Å². The SMILES string of the molecule is CC(=O)SCC(O)C(O)c1cccc([Si](C)(C)C)c1. The first-order valence-corrected chi connectivity index (χ1v) is 10.8. The van der Waals surface area contributed by atoms with E-state index in [9.17, 15) is 15.0 Å². The third kappa shape index (κ3) is 5.10. The summed E-state index contributed by atoms with van der Waals surface area (Å²) in [6, 6.07) is 7.77. The average molecular weight is 298 g/mol. The van der Waals surface area contributed by atoms with Crippen molar-refractivity contribution in [1.82, 2.24) is 0 Å². The highest BCUT2D eigenvalue weighted by molar-refractivity contribution is 8.13. The molecule has 2 atom stereocenters. The van der Waals surface area contributed by atoms with E-state index >= 15 is 0 Å². The van der Waals surface area contributed by atoms with Crippen LogP contribution < -0.4 is 5.19 Å². The van der Waals surface area contributed by atoms with Crippen LogP contribution in [0.15, 0.2) is 24.3 Å². The number of benzene rings is 1. The van der Waals surface area contributed by atoms with Crippen LogP contribution in [0.2, 0.25) is 19.6 Å². The number of carbonyl (C=O) groups is 1. The quantitative estimate of drug-likeness (QED) is 0.815. The van der Waals surface area contributed by atoms with Crippen LogP contribution in [-0.4, -0.2) is 35.3 Å². The molecule has 2 unspecified atom stereocenters. The lowest BCUT2D eigenvalue weighted by molar-refractivity contribution is -0.109. The molecule has 0 saturated heterocycles. The molecule has 19 heavy (non-hydrogen) atoms. The van der Waals surface area contributed by atoms with Gasteiger partial charge in [-0.2, -0.15) is 0 Å². The molecular weight excluding hydrogens is 276 g/mol. The average Bonchev–Trinajstić information content (AvgIpc) is 2.34. The van der Waals surface area contributed by atoms with Crippen molar-refractivity contribution in [2.45, 2.75) is 38.8 Å². The molecule has 5 heteroatoms. The Kier molecular flexibility index (Phi) is 5.79. The lowest BCUT2D eigenvalue weighted by Gasteiger charge is -2.21. The molecule has 1 rings (SSSR count). The van der Waals surface area contributed by atoms with Gasteiger partial charge in [-0.05, 0) is 5.56 Å². The monoisotopic (exact) mass is 298 g/mol. The molecule has 0 amide bonds. The number of thioether (sulfide) groups is 1. The number of carbonyl (C=O) groups excluding carboxylic acids is 1. The smallest absolute Gasteiger partial charge is 0.185 e. The molecule has 0 aliphatic heterocycles. The standard InChI is InChI=1S/C14H22O3SSi/c1-10(15)18-9-13(16)14(17)11-6-5-7-12(8-11)19(2,3)4/h5-8,13-14,16-17H,9H2,1-4H3. The van der Waals surface area contributed by atoms with Gasteiger partial charge in [-0.1, -0.05) is 60.9 Å². The van der Waals surface area contributed by atoms with Gasteiger partial charge in [0.25, 0.3) is 0 Å². The summed E-state index contributed by atoms with van der Waals surface area (Å²) in [7, 11) is -1.43. The highest BCUT2D eigenvalue weighted by atomic mass is 32.2. The zero-order valence-electron chi connectivity index (χ0n) is 11.9. The summed E-state index contributed by atoms with van der Waals surface area (Å²) in [5.41, 5.74) is 0.719. The number of aliphatic hydroxyl groups is 2. The lowest BCUT2D eigenvalue weighted by Crippen LogP contribution is -2.38. The van der Waals surface area contributed by atoms with Crippen molar-refractivity contribution in [3.8, 4) is 0 Å². The highest BCUT2D eigenvalue weighted by Gasteiger charge is 2.22. The van der Waals surface area contributed by atoms with E-state index in [-0.39, 0.29) is 10.9 Å². The van der Waals surface area contributed by atoms with Crippen LogP contribution in [0.25, 0.3) is 0 Å². The fourth-order valence-corrected chi connectivity index (χ4v) is 3.49. The van der Waals surface area contributed by atoms with Gasteiger partial charge in [-0.3, -0.25) is 4.79 Å². The highest BCUT2D eigenvalue weighted by Crippen LogP contribution is 2.20. The largest absolute Gasteiger partial charge is 0.389 e. The molecule has 0 aliphatic rings. The van der Waals surface area contributed by atoms with Crippen molar-refractivity contribution in [2.75, 3.05) is 5.75 Å². The van der Waals surface area contributed by atoms with Crippen LogP contribution in [0.5, 0.6) is 0 Å². The second-order valence-electron chi connectivity index (χ2n) is 5.69. The van der Waals surface area contributed by atoms with E-state index in [4.69, 9.17) is 0 Å². The predicted octanol–water partition coefficient (Wildman–Crippen LogP) is 1.91. The van der Waals surface area contributed by atoms with Crippen molar-refractivity contribution in [1.29, 1.82) is 0 Å². The maximum atomic E-state index is 10.9. The Morgan fingerprint density at radius 3 is 2.47 bits per heavy atom. The lowest BCUT2D eigenvalue weighted by atomic mass is 10.1. The van der Waals surface area contributed by atoms with Crippen LogP contribution >= 0.6 is 11.8 Å². The predicted molar refractivity (Wildman–Crippen MR) is 83.5 cm³/mol. The molecule has 3 nitrogen and oxygen atoms in total. The minimum absolute atomic E-state index is 0.0536. The number of rotatable bonds is 5. The van der Waals surface area contributed by atoms with Crippen LogP contribution in [0.1, 0.15) is 18.6 Å². The van der Waals surface area contributed by atoms with Gasteiger partial charge in [0.1, 0.15) is 6.10 Å². The van der Waals surface area contributed by atoms with Crippen molar-refractivity contribution < 1.29 is 15.0 Å². The summed E-state index contributed by atoms with van der Waals surface area (Å²) in [6.07, 6.45) is -1.87. The second kappa shape index (κ2) is 6.70. The second-order valence-corrected chi connectivity index (χ2v) is 12.0. The summed E-state index contributed by atoms with van der Waals surface area (Å²) in [5.74, 6) is 0.216. The Morgan fingerprint density at radius 2 is 1.95 bits per heavy atom. The normalized spacial score (nSPS) is 15.1. The minimum atomic E-state index is -1.43. The molecule has 0 fully saturated rings.